The van der Waals surface area contributed by atoms with Gasteiger partial charge in [0.15, 0.2) is 0 Å². The van der Waals surface area contributed by atoms with E-state index in [2.05, 4.69) is 15.5 Å². The minimum absolute atomic E-state index is 0.0459. The summed E-state index contributed by atoms with van der Waals surface area (Å²) in [6, 6.07) is 7.36. The van der Waals surface area contributed by atoms with Crippen LogP contribution in [0.15, 0.2) is 35.8 Å². The maximum atomic E-state index is 12.1. The lowest BCUT2D eigenvalue weighted by Gasteiger charge is -2.31. The molecule has 6 nitrogen and oxygen atoms in total. The second kappa shape index (κ2) is 6.53. The van der Waals surface area contributed by atoms with Gasteiger partial charge < -0.3 is 9.64 Å². The van der Waals surface area contributed by atoms with Gasteiger partial charge >= 0.3 is 6.03 Å². The average Bonchev–Trinajstić information content (AvgIpc) is 3.02. The van der Waals surface area contributed by atoms with Gasteiger partial charge in [0.25, 0.3) is 0 Å². The minimum atomic E-state index is -0.0459. The van der Waals surface area contributed by atoms with Crippen LogP contribution in [0.2, 0.25) is 0 Å². The number of hydrogen-bond donors (Lipinski definition) is 1. The van der Waals surface area contributed by atoms with Crippen molar-refractivity contribution < 1.29 is 9.53 Å². The summed E-state index contributed by atoms with van der Waals surface area (Å²) in [6.07, 6.45) is 3.31. The van der Waals surface area contributed by atoms with Crippen molar-refractivity contribution in [2.75, 3.05) is 18.4 Å². The van der Waals surface area contributed by atoms with Gasteiger partial charge in [-0.3, -0.25) is 5.32 Å². The van der Waals surface area contributed by atoms with Gasteiger partial charge in [0, 0.05) is 38.2 Å². The van der Waals surface area contributed by atoms with Gasteiger partial charge in [0.05, 0.1) is 5.00 Å². The molecule has 21 heavy (non-hydrogen) atoms. The highest BCUT2D eigenvalue weighted by Gasteiger charge is 2.24. The van der Waals surface area contributed by atoms with E-state index in [1.807, 2.05) is 22.4 Å². The molecule has 1 aliphatic rings. The maximum absolute atomic E-state index is 12.1. The fourth-order valence-electron chi connectivity index (χ4n) is 2.23. The minimum Gasteiger partial charge on any atom is -0.473 e. The number of hydrogen-bond acceptors (Lipinski definition) is 5. The molecule has 0 radical (unpaired) electrons. The number of nitrogens with one attached hydrogen (secondary N) is 1. The Hall–Kier alpha value is -2.15. The van der Waals surface area contributed by atoms with E-state index < -0.39 is 0 Å². The zero-order chi connectivity index (χ0) is 14.5. The zero-order valence-electron chi connectivity index (χ0n) is 11.4. The summed E-state index contributed by atoms with van der Waals surface area (Å²) < 4.78 is 5.76. The summed E-state index contributed by atoms with van der Waals surface area (Å²) >= 11 is 1.52. The number of likely N-dealkylation sites (tertiary alicyclic amines) is 1. The van der Waals surface area contributed by atoms with Gasteiger partial charge in [-0.2, -0.15) is 5.10 Å². The van der Waals surface area contributed by atoms with Crippen LogP contribution < -0.4 is 10.1 Å². The van der Waals surface area contributed by atoms with Crippen molar-refractivity contribution in [2.45, 2.75) is 18.9 Å². The number of rotatable bonds is 3. The van der Waals surface area contributed by atoms with Crippen LogP contribution in [0.4, 0.5) is 9.80 Å². The first-order valence-electron chi connectivity index (χ1n) is 6.85. The van der Waals surface area contributed by atoms with Gasteiger partial charge in [-0.1, -0.05) is 0 Å². The van der Waals surface area contributed by atoms with Crippen LogP contribution >= 0.6 is 11.3 Å². The molecule has 2 amide bonds. The van der Waals surface area contributed by atoms with E-state index >= 15 is 0 Å². The highest BCUT2D eigenvalue weighted by molar-refractivity contribution is 7.14. The van der Waals surface area contributed by atoms with Crippen molar-refractivity contribution in [1.82, 2.24) is 15.1 Å². The Labute approximate surface area is 126 Å². The van der Waals surface area contributed by atoms with Crippen molar-refractivity contribution in [3.05, 3.63) is 35.8 Å². The first-order valence-corrected chi connectivity index (χ1v) is 7.73. The van der Waals surface area contributed by atoms with Crippen molar-refractivity contribution in [3.63, 3.8) is 0 Å². The molecule has 0 saturated carbocycles. The summed E-state index contributed by atoms with van der Waals surface area (Å²) in [6.45, 7) is 1.37. The lowest BCUT2D eigenvalue weighted by atomic mass is 10.1. The van der Waals surface area contributed by atoms with Crippen molar-refractivity contribution in [3.8, 4) is 5.88 Å². The fourth-order valence-corrected chi connectivity index (χ4v) is 2.84. The lowest BCUT2D eigenvalue weighted by molar-refractivity contribution is 0.110. The molecule has 1 saturated heterocycles. The Bertz CT molecular complexity index is 568. The first-order chi connectivity index (χ1) is 10.3. The first kappa shape index (κ1) is 13.8. The van der Waals surface area contributed by atoms with E-state index in [0.717, 1.165) is 17.8 Å². The molecular formula is C14H16N4O2S. The van der Waals surface area contributed by atoms with Crippen LogP contribution in [0.3, 0.4) is 0 Å². The van der Waals surface area contributed by atoms with Crippen LogP contribution in [-0.2, 0) is 0 Å². The molecule has 0 aromatic carbocycles. The molecule has 3 heterocycles. The summed E-state index contributed by atoms with van der Waals surface area (Å²) in [5, 5.41) is 13.4. The Morgan fingerprint density at radius 1 is 1.33 bits per heavy atom. The second-order valence-electron chi connectivity index (χ2n) is 4.77. The normalized spacial score (nSPS) is 15.7. The van der Waals surface area contributed by atoms with Gasteiger partial charge in [0.1, 0.15) is 6.10 Å². The Morgan fingerprint density at radius 3 is 2.86 bits per heavy atom. The monoisotopic (exact) mass is 304 g/mol. The molecule has 2 aromatic rings. The van der Waals surface area contributed by atoms with Gasteiger partial charge in [-0.25, -0.2) is 4.79 Å². The van der Waals surface area contributed by atoms with E-state index in [-0.39, 0.29) is 12.1 Å². The third-order valence-electron chi connectivity index (χ3n) is 3.32. The predicted molar refractivity (Wildman–Crippen MR) is 80.6 cm³/mol. The average molecular weight is 304 g/mol. The molecule has 0 bridgehead atoms. The quantitative estimate of drug-likeness (QED) is 0.946. The zero-order valence-corrected chi connectivity index (χ0v) is 12.3. The SMILES string of the molecule is O=C(Nc1cccs1)N1CCC(Oc2cccnn2)CC1. The number of nitrogens with zero attached hydrogens (tertiary/aromatic N) is 3. The van der Waals surface area contributed by atoms with Crippen molar-refractivity contribution in [1.29, 1.82) is 0 Å². The molecule has 3 rings (SSSR count). The third-order valence-corrected chi connectivity index (χ3v) is 4.10. The van der Waals surface area contributed by atoms with Gasteiger partial charge in [0.2, 0.25) is 5.88 Å². The molecule has 0 spiro atoms. The lowest BCUT2D eigenvalue weighted by Crippen LogP contribution is -2.43. The Balaban J connectivity index is 1.47. The van der Waals surface area contributed by atoms with Crippen molar-refractivity contribution >= 4 is 22.4 Å². The molecule has 110 valence electrons. The van der Waals surface area contributed by atoms with Crippen molar-refractivity contribution in [2.24, 2.45) is 0 Å². The maximum Gasteiger partial charge on any atom is 0.322 e. The van der Waals surface area contributed by atoms with Gasteiger partial charge in [-0.15, -0.1) is 16.4 Å². The Morgan fingerprint density at radius 2 is 2.19 bits per heavy atom. The highest BCUT2D eigenvalue weighted by Crippen LogP contribution is 2.19. The number of carbonyl (C=O) groups is 1. The molecule has 1 aliphatic heterocycles. The number of aromatic nitrogens is 2. The topological polar surface area (TPSA) is 67.4 Å². The van der Waals surface area contributed by atoms with E-state index in [0.29, 0.717) is 19.0 Å². The predicted octanol–water partition coefficient (Wildman–Crippen LogP) is 2.61. The summed E-state index contributed by atoms with van der Waals surface area (Å²) in [5.74, 6) is 0.541. The van der Waals surface area contributed by atoms with Crippen LogP contribution in [0.25, 0.3) is 0 Å². The molecule has 0 atom stereocenters. The number of urea groups is 1. The van der Waals surface area contributed by atoms with E-state index in [1.165, 1.54) is 11.3 Å². The molecule has 7 heteroatoms. The largest absolute Gasteiger partial charge is 0.473 e. The smallest absolute Gasteiger partial charge is 0.322 e. The van der Waals surface area contributed by atoms with E-state index in [4.69, 9.17) is 4.74 Å². The molecule has 1 fully saturated rings. The number of ether oxygens (including phenoxy) is 1. The number of amides is 2. The van der Waals surface area contributed by atoms with E-state index in [9.17, 15) is 4.79 Å². The van der Waals surface area contributed by atoms with E-state index in [1.54, 1.807) is 18.3 Å². The van der Waals surface area contributed by atoms with Crippen LogP contribution in [0.5, 0.6) is 5.88 Å². The number of carbonyl (C=O) groups excluding carboxylic acids is 1. The molecule has 1 N–H and O–H groups in total. The second-order valence-corrected chi connectivity index (χ2v) is 5.72. The van der Waals surface area contributed by atoms with Gasteiger partial charge in [-0.05, 0) is 23.6 Å². The third kappa shape index (κ3) is 3.69. The highest BCUT2D eigenvalue weighted by atomic mass is 32.1. The number of thiophene rings is 1. The molecule has 2 aromatic heterocycles. The number of anilines is 1. The molecule has 0 unspecified atom stereocenters. The standard InChI is InChI=1S/C14H16N4O2S/c19-14(16-13-4-2-10-21-13)18-8-5-11(6-9-18)20-12-3-1-7-15-17-12/h1-4,7,10-11H,5-6,8-9H2,(H,16,19). The fraction of sp³-hybridized carbons (Fsp3) is 0.357. The number of piperidine rings is 1. The van der Waals surface area contributed by atoms with Crippen LogP contribution in [0.1, 0.15) is 12.8 Å². The molecular weight excluding hydrogens is 288 g/mol. The summed E-state index contributed by atoms with van der Waals surface area (Å²) in [5.41, 5.74) is 0. The van der Waals surface area contributed by atoms with Crippen LogP contribution in [0, 0.1) is 0 Å². The summed E-state index contributed by atoms with van der Waals surface area (Å²) in [7, 11) is 0. The summed E-state index contributed by atoms with van der Waals surface area (Å²) in [4.78, 5) is 13.9. The molecule has 0 aliphatic carbocycles. The Kier molecular flexibility index (Phi) is 4.30. The van der Waals surface area contributed by atoms with Crippen LogP contribution in [-0.4, -0.2) is 40.3 Å².